The molecule has 1 saturated carbocycles. The maximum Gasteiger partial charge on any atom is 0.317 e. The maximum absolute atomic E-state index is 12.4. The fourth-order valence-electron chi connectivity index (χ4n) is 3.64. The number of hydrogen-bond donors (Lipinski definition) is 1. The van der Waals surface area contributed by atoms with Crippen LogP contribution in [0.15, 0.2) is 22.7 Å². The zero-order valence-corrected chi connectivity index (χ0v) is 15.4. The molecular weight excluding hydrogens is 354 g/mol. The number of anilines is 1. The molecule has 2 fully saturated rings. The zero-order chi connectivity index (χ0) is 16.2. The number of halogens is 1. The highest BCUT2D eigenvalue weighted by Gasteiger charge is 2.24. The molecule has 1 aromatic rings. The molecule has 1 N–H and O–H groups in total. The number of hydrogen-bond acceptors (Lipinski definition) is 2. The van der Waals surface area contributed by atoms with E-state index in [2.05, 4.69) is 51.3 Å². The predicted molar refractivity (Wildman–Crippen MR) is 98.1 cm³/mol. The summed E-state index contributed by atoms with van der Waals surface area (Å²) in [5.74, 6) is 0. The van der Waals surface area contributed by atoms with E-state index in [0.29, 0.717) is 6.04 Å². The van der Waals surface area contributed by atoms with Crippen LogP contribution in [-0.4, -0.2) is 43.2 Å². The Morgan fingerprint density at radius 1 is 1.13 bits per heavy atom. The van der Waals surface area contributed by atoms with Gasteiger partial charge in [-0.25, -0.2) is 4.79 Å². The molecule has 4 nitrogen and oxygen atoms in total. The molecule has 0 bridgehead atoms. The number of aryl methyl sites for hydroxylation is 1. The number of carbonyl (C=O) groups excluding carboxylic acids is 1. The summed E-state index contributed by atoms with van der Waals surface area (Å²) in [5.41, 5.74) is 2.56. The Bertz CT molecular complexity index is 549. The van der Waals surface area contributed by atoms with Crippen LogP contribution in [0, 0.1) is 6.92 Å². The Labute approximate surface area is 147 Å². The van der Waals surface area contributed by atoms with Crippen LogP contribution in [0.2, 0.25) is 0 Å². The first kappa shape index (κ1) is 16.6. The van der Waals surface area contributed by atoms with E-state index < -0.39 is 0 Å². The van der Waals surface area contributed by atoms with Gasteiger partial charge in [-0.15, -0.1) is 0 Å². The summed E-state index contributed by atoms with van der Waals surface area (Å²) < 4.78 is 1.12. The third-order valence-corrected chi connectivity index (χ3v) is 5.49. The van der Waals surface area contributed by atoms with Gasteiger partial charge in [-0.3, -0.25) is 0 Å². The van der Waals surface area contributed by atoms with Gasteiger partial charge < -0.3 is 15.1 Å². The Morgan fingerprint density at radius 2 is 1.83 bits per heavy atom. The molecule has 23 heavy (non-hydrogen) atoms. The molecule has 1 aliphatic carbocycles. The van der Waals surface area contributed by atoms with E-state index in [0.717, 1.165) is 43.5 Å². The minimum Gasteiger partial charge on any atom is -0.368 e. The molecule has 1 heterocycles. The molecule has 126 valence electrons. The van der Waals surface area contributed by atoms with Crippen molar-refractivity contribution in [2.75, 3.05) is 31.1 Å². The van der Waals surface area contributed by atoms with Crippen LogP contribution in [0.25, 0.3) is 0 Å². The average Bonchev–Trinajstić information content (AvgIpc) is 2.56. The number of rotatable bonds is 2. The van der Waals surface area contributed by atoms with Gasteiger partial charge in [0.15, 0.2) is 0 Å². The summed E-state index contributed by atoms with van der Waals surface area (Å²) in [6.07, 6.45) is 6.11. The van der Waals surface area contributed by atoms with Crippen molar-refractivity contribution in [1.82, 2.24) is 10.2 Å². The molecule has 0 radical (unpaired) electrons. The van der Waals surface area contributed by atoms with E-state index >= 15 is 0 Å². The van der Waals surface area contributed by atoms with E-state index in [1.54, 1.807) is 0 Å². The lowest BCUT2D eigenvalue weighted by Crippen LogP contribution is -2.53. The van der Waals surface area contributed by atoms with Crippen LogP contribution in [0.3, 0.4) is 0 Å². The van der Waals surface area contributed by atoms with E-state index in [-0.39, 0.29) is 6.03 Å². The molecule has 1 saturated heterocycles. The van der Waals surface area contributed by atoms with E-state index in [1.807, 2.05) is 4.90 Å². The zero-order valence-electron chi connectivity index (χ0n) is 13.9. The lowest BCUT2D eigenvalue weighted by Gasteiger charge is -2.37. The van der Waals surface area contributed by atoms with Crippen LogP contribution in [-0.2, 0) is 0 Å². The minimum atomic E-state index is 0.129. The van der Waals surface area contributed by atoms with Crippen molar-refractivity contribution in [3.8, 4) is 0 Å². The van der Waals surface area contributed by atoms with Crippen molar-refractivity contribution in [1.29, 1.82) is 0 Å². The Hall–Kier alpha value is -1.23. The van der Waals surface area contributed by atoms with Crippen LogP contribution >= 0.6 is 15.9 Å². The van der Waals surface area contributed by atoms with Gasteiger partial charge in [-0.2, -0.15) is 0 Å². The summed E-state index contributed by atoms with van der Waals surface area (Å²) in [7, 11) is 0. The number of amides is 2. The van der Waals surface area contributed by atoms with Gasteiger partial charge in [-0.05, 0) is 43.5 Å². The third kappa shape index (κ3) is 4.19. The third-order valence-electron chi connectivity index (χ3n) is 5.00. The van der Waals surface area contributed by atoms with Gasteiger partial charge in [0.1, 0.15) is 0 Å². The molecule has 0 atom stereocenters. The number of urea groups is 1. The smallest absolute Gasteiger partial charge is 0.317 e. The number of nitrogens with one attached hydrogen (secondary N) is 1. The van der Waals surface area contributed by atoms with Gasteiger partial charge in [-0.1, -0.05) is 35.2 Å². The van der Waals surface area contributed by atoms with Crippen molar-refractivity contribution in [2.45, 2.75) is 45.1 Å². The fraction of sp³-hybridized carbons (Fsp3) is 0.611. The SMILES string of the molecule is Cc1cc(Br)ccc1N1CCN(C(=O)NC2CCCCC2)CC1. The maximum atomic E-state index is 12.4. The van der Waals surface area contributed by atoms with Gasteiger partial charge in [0.05, 0.1) is 0 Å². The molecule has 1 aliphatic heterocycles. The fourth-order valence-corrected chi connectivity index (χ4v) is 4.11. The topological polar surface area (TPSA) is 35.6 Å². The highest BCUT2D eigenvalue weighted by Crippen LogP contribution is 2.25. The van der Waals surface area contributed by atoms with Crippen LogP contribution in [0.4, 0.5) is 10.5 Å². The van der Waals surface area contributed by atoms with Crippen LogP contribution in [0.5, 0.6) is 0 Å². The summed E-state index contributed by atoms with van der Waals surface area (Å²) >= 11 is 3.52. The largest absolute Gasteiger partial charge is 0.368 e. The molecule has 0 spiro atoms. The lowest BCUT2D eigenvalue weighted by molar-refractivity contribution is 0.186. The summed E-state index contributed by atoms with van der Waals surface area (Å²) in [6, 6.07) is 6.92. The van der Waals surface area contributed by atoms with Gasteiger partial charge >= 0.3 is 6.03 Å². The first-order valence-electron chi connectivity index (χ1n) is 8.70. The summed E-state index contributed by atoms with van der Waals surface area (Å²) in [6.45, 7) is 5.55. The van der Waals surface area contributed by atoms with Crippen LogP contribution in [0.1, 0.15) is 37.7 Å². The van der Waals surface area contributed by atoms with Crippen molar-refractivity contribution >= 4 is 27.6 Å². The molecule has 0 unspecified atom stereocenters. The molecule has 3 rings (SSSR count). The Balaban J connectivity index is 1.52. The standard InChI is InChI=1S/C18H26BrN3O/c1-14-13-15(19)7-8-17(14)21-9-11-22(12-10-21)18(23)20-16-5-3-2-4-6-16/h7-8,13,16H,2-6,9-12H2,1H3,(H,20,23). The van der Waals surface area contributed by atoms with E-state index in [4.69, 9.17) is 0 Å². The quantitative estimate of drug-likeness (QED) is 0.844. The number of nitrogens with zero attached hydrogens (tertiary/aromatic N) is 2. The van der Waals surface area contributed by atoms with E-state index in [1.165, 1.54) is 30.5 Å². The molecule has 2 amide bonds. The van der Waals surface area contributed by atoms with Crippen molar-refractivity contribution in [2.24, 2.45) is 0 Å². The summed E-state index contributed by atoms with van der Waals surface area (Å²) in [5, 5.41) is 3.22. The van der Waals surface area contributed by atoms with Crippen molar-refractivity contribution < 1.29 is 4.79 Å². The average molecular weight is 380 g/mol. The number of benzene rings is 1. The Kier molecular flexibility index (Phi) is 5.46. The van der Waals surface area contributed by atoms with Crippen LogP contribution < -0.4 is 10.2 Å². The molecule has 1 aromatic carbocycles. The van der Waals surface area contributed by atoms with E-state index in [9.17, 15) is 4.79 Å². The highest BCUT2D eigenvalue weighted by molar-refractivity contribution is 9.10. The monoisotopic (exact) mass is 379 g/mol. The number of piperazine rings is 1. The summed E-state index contributed by atoms with van der Waals surface area (Å²) in [4.78, 5) is 16.8. The number of carbonyl (C=O) groups is 1. The van der Waals surface area contributed by atoms with Gasteiger partial charge in [0.25, 0.3) is 0 Å². The normalized spacial score (nSPS) is 19.7. The first-order chi connectivity index (χ1) is 11.1. The molecule has 0 aromatic heterocycles. The molecular formula is C18H26BrN3O. The molecule has 2 aliphatic rings. The second-order valence-corrected chi connectivity index (χ2v) is 7.61. The van der Waals surface area contributed by atoms with Crippen molar-refractivity contribution in [3.05, 3.63) is 28.2 Å². The lowest BCUT2D eigenvalue weighted by atomic mass is 9.96. The van der Waals surface area contributed by atoms with Crippen molar-refractivity contribution in [3.63, 3.8) is 0 Å². The second kappa shape index (κ2) is 7.56. The highest BCUT2D eigenvalue weighted by atomic mass is 79.9. The predicted octanol–water partition coefficient (Wildman–Crippen LogP) is 3.92. The first-order valence-corrected chi connectivity index (χ1v) is 9.49. The minimum absolute atomic E-state index is 0.129. The van der Waals surface area contributed by atoms with Gasteiger partial charge in [0.2, 0.25) is 0 Å². The molecule has 5 heteroatoms. The van der Waals surface area contributed by atoms with Gasteiger partial charge in [0, 0.05) is 42.4 Å². The Morgan fingerprint density at radius 3 is 2.48 bits per heavy atom. The second-order valence-electron chi connectivity index (χ2n) is 6.69.